The van der Waals surface area contributed by atoms with Crippen LogP contribution in [0.15, 0.2) is 6.20 Å². The number of rotatable bonds is 9. The van der Waals surface area contributed by atoms with Gasteiger partial charge in [0.25, 0.3) is 5.91 Å². The van der Waals surface area contributed by atoms with Gasteiger partial charge in [-0.2, -0.15) is 5.10 Å². The van der Waals surface area contributed by atoms with E-state index >= 15 is 0 Å². The van der Waals surface area contributed by atoms with E-state index in [4.69, 9.17) is 0 Å². The predicted octanol–water partition coefficient (Wildman–Crippen LogP) is 2.65. The SMILES string of the molecule is CCCC(CNC(=O)c1cnn(CC(C)C)c1C1CC1)C(=O)O. The molecule has 1 aromatic heterocycles. The van der Waals surface area contributed by atoms with Crippen LogP contribution in [0.4, 0.5) is 0 Å². The highest BCUT2D eigenvalue weighted by Gasteiger charge is 2.32. The summed E-state index contributed by atoms with van der Waals surface area (Å²) in [6.07, 6.45) is 5.17. The molecule has 0 aromatic carbocycles. The van der Waals surface area contributed by atoms with Crippen molar-refractivity contribution >= 4 is 11.9 Å². The molecule has 1 unspecified atom stereocenters. The zero-order valence-corrected chi connectivity index (χ0v) is 14.2. The highest BCUT2D eigenvalue weighted by Crippen LogP contribution is 2.41. The molecule has 23 heavy (non-hydrogen) atoms. The van der Waals surface area contributed by atoms with Gasteiger partial charge in [0.2, 0.25) is 0 Å². The van der Waals surface area contributed by atoms with E-state index in [0.717, 1.165) is 31.5 Å². The summed E-state index contributed by atoms with van der Waals surface area (Å²) in [4.78, 5) is 23.7. The smallest absolute Gasteiger partial charge is 0.308 e. The predicted molar refractivity (Wildman–Crippen MR) is 87.4 cm³/mol. The Kier molecular flexibility index (Phi) is 5.80. The first-order valence-electron chi connectivity index (χ1n) is 8.50. The van der Waals surface area contributed by atoms with E-state index in [0.29, 0.717) is 23.8 Å². The summed E-state index contributed by atoms with van der Waals surface area (Å²) in [6.45, 7) is 7.16. The standard InChI is InChI=1S/C17H27N3O3/c1-4-5-13(17(22)23)8-18-16(21)14-9-19-20(10-11(2)3)15(14)12-6-7-12/h9,11-13H,4-8,10H2,1-3H3,(H,18,21)(H,22,23). The fraction of sp³-hybridized carbons (Fsp3) is 0.706. The van der Waals surface area contributed by atoms with Crippen LogP contribution in [0, 0.1) is 11.8 Å². The molecule has 128 valence electrons. The fourth-order valence-corrected chi connectivity index (χ4v) is 2.82. The van der Waals surface area contributed by atoms with Crippen LogP contribution in [0.2, 0.25) is 0 Å². The number of hydrogen-bond donors (Lipinski definition) is 2. The minimum absolute atomic E-state index is 0.168. The van der Waals surface area contributed by atoms with E-state index in [1.165, 1.54) is 0 Å². The van der Waals surface area contributed by atoms with E-state index in [1.54, 1.807) is 6.20 Å². The van der Waals surface area contributed by atoms with Crippen molar-refractivity contribution in [2.75, 3.05) is 6.54 Å². The van der Waals surface area contributed by atoms with Gasteiger partial charge in [-0.3, -0.25) is 14.3 Å². The van der Waals surface area contributed by atoms with Crippen LogP contribution < -0.4 is 5.32 Å². The number of amides is 1. The summed E-state index contributed by atoms with van der Waals surface area (Å²) in [5.41, 5.74) is 1.62. The van der Waals surface area contributed by atoms with E-state index in [-0.39, 0.29) is 12.5 Å². The number of carboxylic acids is 1. The van der Waals surface area contributed by atoms with E-state index in [2.05, 4.69) is 24.3 Å². The van der Waals surface area contributed by atoms with Gasteiger partial charge >= 0.3 is 5.97 Å². The molecule has 0 radical (unpaired) electrons. The zero-order chi connectivity index (χ0) is 17.0. The van der Waals surface area contributed by atoms with Crippen LogP contribution in [0.1, 0.15) is 68.4 Å². The van der Waals surface area contributed by atoms with Gasteiger partial charge in [-0.25, -0.2) is 0 Å². The molecular weight excluding hydrogens is 294 g/mol. The quantitative estimate of drug-likeness (QED) is 0.732. The maximum atomic E-state index is 12.5. The van der Waals surface area contributed by atoms with Crippen molar-refractivity contribution in [1.82, 2.24) is 15.1 Å². The van der Waals surface area contributed by atoms with E-state index < -0.39 is 11.9 Å². The summed E-state index contributed by atoms with van der Waals surface area (Å²) in [6, 6.07) is 0. The number of nitrogens with zero attached hydrogens (tertiary/aromatic N) is 2. The molecule has 2 N–H and O–H groups in total. The Morgan fingerprint density at radius 1 is 1.43 bits per heavy atom. The molecule has 6 heteroatoms. The van der Waals surface area contributed by atoms with Crippen molar-refractivity contribution in [3.8, 4) is 0 Å². The van der Waals surface area contributed by atoms with Gasteiger partial charge in [0, 0.05) is 19.0 Å². The Bertz CT molecular complexity index is 561. The van der Waals surface area contributed by atoms with Gasteiger partial charge in [-0.15, -0.1) is 0 Å². The van der Waals surface area contributed by atoms with Gasteiger partial charge in [0.1, 0.15) is 0 Å². The molecule has 0 spiro atoms. The summed E-state index contributed by atoms with van der Waals surface area (Å²) in [5.74, 6) is -0.708. The van der Waals surface area contributed by atoms with Crippen LogP contribution in [-0.2, 0) is 11.3 Å². The third-order valence-electron chi connectivity index (χ3n) is 4.12. The van der Waals surface area contributed by atoms with Crippen LogP contribution in [0.5, 0.6) is 0 Å². The lowest BCUT2D eigenvalue weighted by Crippen LogP contribution is -2.33. The molecule has 0 aliphatic heterocycles. The van der Waals surface area contributed by atoms with Crippen molar-refractivity contribution in [1.29, 1.82) is 0 Å². The average molecular weight is 321 g/mol. The Morgan fingerprint density at radius 2 is 2.13 bits per heavy atom. The maximum absolute atomic E-state index is 12.5. The molecular formula is C17H27N3O3. The number of aliphatic carboxylic acids is 1. The van der Waals surface area contributed by atoms with Gasteiger partial charge in [0.15, 0.2) is 0 Å². The summed E-state index contributed by atoms with van der Waals surface area (Å²) < 4.78 is 1.94. The molecule has 2 rings (SSSR count). The van der Waals surface area contributed by atoms with Gasteiger partial charge < -0.3 is 10.4 Å². The molecule has 6 nitrogen and oxygen atoms in total. The number of nitrogens with one attached hydrogen (secondary N) is 1. The van der Waals surface area contributed by atoms with Crippen LogP contribution in [-0.4, -0.2) is 33.3 Å². The molecule has 1 heterocycles. The number of carbonyl (C=O) groups excluding carboxylic acids is 1. The zero-order valence-electron chi connectivity index (χ0n) is 14.2. The third kappa shape index (κ3) is 4.56. The first-order chi connectivity index (χ1) is 10.9. The second-order valence-corrected chi connectivity index (χ2v) is 6.83. The third-order valence-corrected chi connectivity index (χ3v) is 4.12. The van der Waals surface area contributed by atoms with E-state index in [9.17, 15) is 14.7 Å². The molecule has 1 aromatic rings. The van der Waals surface area contributed by atoms with Crippen LogP contribution in [0.25, 0.3) is 0 Å². The Hall–Kier alpha value is -1.85. The Morgan fingerprint density at radius 3 is 2.65 bits per heavy atom. The largest absolute Gasteiger partial charge is 0.481 e. The lowest BCUT2D eigenvalue weighted by molar-refractivity contribution is -0.141. The Labute approximate surface area is 137 Å². The van der Waals surface area contributed by atoms with Crippen molar-refractivity contribution < 1.29 is 14.7 Å². The monoisotopic (exact) mass is 321 g/mol. The van der Waals surface area contributed by atoms with Crippen LogP contribution in [0.3, 0.4) is 0 Å². The van der Waals surface area contributed by atoms with Crippen molar-refractivity contribution in [2.24, 2.45) is 11.8 Å². The van der Waals surface area contributed by atoms with Gasteiger partial charge in [-0.05, 0) is 25.2 Å². The Balaban J connectivity index is 2.07. The summed E-state index contributed by atoms with van der Waals surface area (Å²) in [7, 11) is 0. The molecule has 0 bridgehead atoms. The number of aromatic nitrogens is 2. The second-order valence-electron chi connectivity index (χ2n) is 6.83. The van der Waals surface area contributed by atoms with Crippen molar-refractivity contribution in [3.63, 3.8) is 0 Å². The average Bonchev–Trinajstić information content (AvgIpc) is 3.23. The highest BCUT2D eigenvalue weighted by molar-refractivity contribution is 5.95. The first kappa shape index (κ1) is 17.5. The van der Waals surface area contributed by atoms with Crippen molar-refractivity contribution in [2.45, 2.75) is 58.9 Å². The fourth-order valence-electron chi connectivity index (χ4n) is 2.82. The normalized spacial score (nSPS) is 15.7. The van der Waals surface area contributed by atoms with Crippen LogP contribution >= 0.6 is 0 Å². The lowest BCUT2D eigenvalue weighted by Gasteiger charge is -2.13. The van der Waals surface area contributed by atoms with E-state index in [1.807, 2.05) is 11.6 Å². The molecule has 1 fully saturated rings. The number of carboxylic acid groups (broad SMARTS) is 1. The van der Waals surface area contributed by atoms with Crippen molar-refractivity contribution in [3.05, 3.63) is 17.5 Å². The molecule has 1 atom stereocenters. The van der Waals surface area contributed by atoms with Gasteiger partial charge in [0.05, 0.1) is 23.4 Å². The molecule has 0 saturated heterocycles. The topological polar surface area (TPSA) is 84.2 Å². The molecule has 1 amide bonds. The second kappa shape index (κ2) is 7.62. The molecule has 1 aliphatic rings. The minimum Gasteiger partial charge on any atom is -0.481 e. The first-order valence-corrected chi connectivity index (χ1v) is 8.50. The maximum Gasteiger partial charge on any atom is 0.308 e. The number of hydrogen-bond acceptors (Lipinski definition) is 3. The lowest BCUT2D eigenvalue weighted by atomic mass is 10.0. The summed E-state index contributed by atoms with van der Waals surface area (Å²) in [5, 5.41) is 16.3. The minimum atomic E-state index is -0.856. The summed E-state index contributed by atoms with van der Waals surface area (Å²) >= 11 is 0. The molecule has 1 aliphatic carbocycles. The van der Waals surface area contributed by atoms with Gasteiger partial charge in [-0.1, -0.05) is 27.2 Å². The molecule has 1 saturated carbocycles. The number of carbonyl (C=O) groups is 2. The highest BCUT2D eigenvalue weighted by atomic mass is 16.4.